The van der Waals surface area contributed by atoms with Gasteiger partial charge in [-0.05, 0) is 50.4 Å². The third-order valence-corrected chi connectivity index (χ3v) is 6.02. The largest absolute Gasteiger partial charge is 0.389 e. The SMILES string of the molecule is CC[C@@H](NC(C)=O)[C@@H]1C2C[C@@H]3C[C@@](Cl)(C2)C[C@]1(O)C3. The second-order valence-corrected chi connectivity index (χ2v) is 7.95. The lowest BCUT2D eigenvalue weighted by Crippen LogP contribution is -2.66. The number of nitrogens with one attached hydrogen (secondary N) is 1. The van der Waals surface area contributed by atoms with Crippen LogP contribution < -0.4 is 5.32 Å². The standard InChI is InChI=1S/C15H24ClNO2/c1-3-12(17-9(2)18)13-11-4-10-5-14(16,7-11)8-15(13,19)6-10/h10-13,19H,3-8H2,1-2H3,(H,17,18)/t10-,11?,12-,13+,14-,15-/m1/s1. The molecule has 0 aromatic heterocycles. The first-order chi connectivity index (χ1) is 8.85. The second kappa shape index (κ2) is 4.36. The number of aliphatic hydroxyl groups is 1. The van der Waals surface area contributed by atoms with Crippen molar-refractivity contribution < 1.29 is 9.90 Å². The van der Waals surface area contributed by atoms with Gasteiger partial charge in [0.05, 0.1) is 5.60 Å². The zero-order valence-electron chi connectivity index (χ0n) is 11.8. The summed E-state index contributed by atoms with van der Waals surface area (Å²) in [6.45, 7) is 3.65. The lowest BCUT2D eigenvalue weighted by Gasteiger charge is -2.63. The van der Waals surface area contributed by atoms with E-state index in [0.29, 0.717) is 18.3 Å². The summed E-state index contributed by atoms with van der Waals surface area (Å²) in [6, 6.07) is 0.0905. The van der Waals surface area contributed by atoms with Gasteiger partial charge in [0.25, 0.3) is 0 Å². The monoisotopic (exact) mass is 285 g/mol. The number of alkyl halides is 1. The molecule has 0 aromatic carbocycles. The van der Waals surface area contributed by atoms with Crippen molar-refractivity contribution in [3.63, 3.8) is 0 Å². The van der Waals surface area contributed by atoms with E-state index in [0.717, 1.165) is 25.7 Å². The molecule has 4 aliphatic rings. The molecule has 0 spiro atoms. The van der Waals surface area contributed by atoms with E-state index in [-0.39, 0.29) is 22.7 Å². The minimum Gasteiger partial charge on any atom is -0.389 e. The highest BCUT2D eigenvalue weighted by Gasteiger charge is 2.62. The van der Waals surface area contributed by atoms with E-state index in [2.05, 4.69) is 12.2 Å². The molecule has 1 unspecified atom stereocenters. The summed E-state index contributed by atoms with van der Waals surface area (Å²) in [6.07, 6.45) is 5.71. The van der Waals surface area contributed by atoms with Gasteiger partial charge in [-0.25, -0.2) is 0 Å². The maximum Gasteiger partial charge on any atom is 0.217 e. The fourth-order valence-electron chi connectivity index (χ4n) is 5.46. The molecule has 3 nitrogen and oxygen atoms in total. The molecule has 4 fully saturated rings. The van der Waals surface area contributed by atoms with Crippen molar-refractivity contribution in [1.29, 1.82) is 0 Å². The van der Waals surface area contributed by atoms with Crippen LogP contribution in [0.3, 0.4) is 0 Å². The van der Waals surface area contributed by atoms with Gasteiger partial charge >= 0.3 is 0 Å². The zero-order chi connectivity index (χ0) is 13.8. The van der Waals surface area contributed by atoms with Crippen molar-refractivity contribution in [3.8, 4) is 0 Å². The highest BCUT2D eigenvalue weighted by atomic mass is 35.5. The Kier molecular flexibility index (Phi) is 3.14. The lowest BCUT2D eigenvalue weighted by molar-refractivity contribution is -0.174. The molecule has 0 heterocycles. The highest BCUT2D eigenvalue weighted by Crippen LogP contribution is 2.63. The normalized spacial score (nSPS) is 49.2. The van der Waals surface area contributed by atoms with Gasteiger partial charge in [0.2, 0.25) is 5.91 Å². The molecule has 1 amide bonds. The van der Waals surface area contributed by atoms with E-state index < -0.39 is 5.60 Å². The molecule has 0 aliphatic heterocycles. The summed E-state index contributed by atoms with van der Waals surface area (Å²) in [5, 5.41) is 14.2. The van der Waals surface area contributed by atoms with Crippen LogP contribution in [-0.2, 0) is 4.79 Å². The Morgan fingerprint density at radius 2 is 2.21 bits per heavy atom. The molecule has 4 saturated carbocycles. The lowest BCUT2D eigenvalue weighted by atomic mass is 9.48. The topological polar surface area (TPSA) is 49.3 Å². The Morgan fingerprint density at radius 1 is 1.47 bits per heavy atom. The first-order valence-electron chi connectivity index (χ1n) is 7.54. The van der Waals surface area contributed by atoms with Gasteiger partial charge in [-0.3, -0.25) is 4.79 Å². The summed E-state index contributed by atoms with van der Waals surface area (Å²) in [4.78, 5) is 11.2. The predicted octanol–water partition coefficient (Wildman–Crippen LogP) is 2.45. The Labute approximate surface area is 120 Å². The third kappa shape index (κ3) is 2.19. The number of rotatable bonds is 3. The van der Waals surface area contributed by atoms with Crippen LogP contribution in [0.25, 0.3) is 0 Å². The van der Waals surface area contributed by atoms with Crippen LogP contribution in [0.5, 0.6) is 0 Å². The predicted molar refractivity (Wildman–Crippen MR) is 75.0 cm³/mol. The Morgan fingerprint density at radius 3 is 2.74 bits per heavy atom. The molecule has 19 heavy (non-hydrogen) atoms. The van der Waals surface area contributed by atoms with Crippen molar-refractivity contribution in [2.45, 2.75) is 68.9 Å². The highest BCUT2D eigenvalue weighted by molar-refractivity contribution is 6.24. The fourth-order valence-corrected chi connectivity index (χ4v) is 6.11. The van der Waals surface area contributed by atoms with Crippen molar-refractivity contribution in [3.05, 3.63) is 0 Å². The van der Waals surface area contributed by atoms with Gasteiger partial charge in [-0.15, -0.1) is 11.6 Å². The molecule has 4 aliphatic carbocycles. The first-order valence-corrected chi connectivity index (χ1v) is 7.91. The summed E-state index contributed by atoms with van der Waals surface area (Å²) in [5.41, 5.74) is -0.658. The number of carbonyl (C=O) groups is 1. The molecule has 0 saturated heterocycles. The molecule has 4 bridgehead atoms. The number of amides is 1. The van der Waals surface area contributed by atoms with Gasteiger partial charge in [-0.1, -0.05) is 6.92 Å². The average molecular weight is 286 g/mol. The molecule has 2 N–H and O–H groups in total. The van der Waals surface area contributed by atoms with E-state index in [1.54, 1.807) is 6.92 Å². The summed E-state index contributed by atoms with van der Waals surface area (Å²) in [5.74, 6) is 1.25. The molecular formula is C15H24ClNO2. The van der Waals surface area contributed by atoms with Crippen LogP contribution in [-0.4, -0.2) is 27.5 Å². The van der Waals surface area contributed by atoms with Crippen LogP contribution in [0.15, 0.2) is 0 Å². The molecule has 6 atom stereocenters. The van der Waals surface area contributed by atoms with Gasteiger partial charge in [-0.2, -0.15) is 0 Å². The number of hydrogen-bond donors (Lipinski definition) is 2. The van der Waals surface area contributed by atoms with Crippen molar-refractivity contribution >= 4 is 17.5 Å². The van der Waals surface area contributed by atoms with Gasteiger partial charge in [0, 0.05) is 23.8 Å². The fraction of sp³-hybridized carbons (Fsp3) is 0.933. The van der Waals surface area contributed by atoms with Gasteiger partial charge in [0.1, 0.15) is 0 Å². The van der Waals surface area contributed by atoms with Crippen LogP contribution >= 0.6 is 11.6 Å². The number of hydrogen-bond acceptors (Lipinski definition) is 2. The third-order valence-electron chi connectivity index (χ3n) is 5.57. The minimum absolute atomic E-state index is 0.00448. The molecule has 4 heteroatoms. The van der Waals surface area contributed by atoms with E-state index in [1.807, 2.05) is 0 Å². The maximum absolute atomic E-state index is 11.4. The maximum atomic E-state index is 11.4. The van der Waals surface area contributed by atoms with Crippen LogP contribution in [0.4, 0.5) is 0 Å². The minimum atomic E-state index is -0.658. The smallest absolute Gasteiger partial charge is 0.217 e. The van der Waals surface area contributed by atoms with Crippen molar-refractivity contribution in [2.24, 2.45) is 17.8 Å². The van der Waals surface area contributed by atoms with E-state index in [9.17, 15) is 9.90 Å². The summed E-state index contributed by atoms with van der Waals surface area (Å²) < 4.78 is 0. The Bertz CT molecular complexity index is 402. The molecule has 0 aromatic rings. The quantitative estimate of drug-likeness (QED) is 0.783. The van der Waals surface area contributed by atoms with Crippen LogP contribution in [0, 0.1) is 17.8 Å². The van der Waals surface area contributed by atoms with E-state index in [1.165, 1.54) is 6.42 Å². The zero-order valence-corrected chi connectivity index (χ0v) is 12.5. The van der Waals surface area contributed by atoms with Crippen LogP contribution in [0.1, 0.15) is 52.4 Å². The summed E-state index contributed by atoms with van der Waals surface area (Å²) >= 11 is 6.69. The molecular weight excluding hydrogens is 262 g/mol. The van der Waals surface area contributed by atoms with E-state index in [4.69, 9.17) is 11.6 Å². The number of carbonyl (C=O) groups excluding carboxylic acids is 1. The second-order valence-electron chi connectivity index (χ2n) is 7.15. The average Bonchev–Trinajstić information content (AvgIpc) is 2.22. The molecule has 4 rings (SSSR count). The molecule has 0 radical (unpaired) electrons. The molecule has 108 valence electrons. The first kappa shape index (κ1) is 13.7. The summed E-state index contributed by atoms with van der Waals surface area (Å²) in [7, 11) is 0. The van der Waals surface area contributed by atoms with Crippen molar-refractivity contribution in [1.82, 2.24) is 5.32 Å². The van der Waals surface area contributed by atoms with Gasteiger partial charge < -0.3 is 10.4 Å². The Balaban J connectivity index is 1.88. The van der Waals surface area contributed by atoms with Gasteiger partial charge in [0.15, 0.2) is 0 Å². The number of halogens is 1. The van der Waals surface area contributed by atoms with Crippen LogP contribution in [0.2, 0.25) is 0 Å². The Hall–Kier alpha value is -0.280. The van der Waals surface area contributed by atoms with Crippen molar-refractivity contribution in [2.75, 3.05) is 0 Å². The van der Waals surface area contributed by atoms with E-state index >= 15 is 0 Å².